The standard InChI is InChI=1S/C22H28N4O2/c1-2-6-17(7-3-1)15-27-20-18-8-11-23-14-19(18)24-21(25-20)28-16-22-9-4-12-26(22)13-5-10-22/h1-3,6-7,23H,4-5,8-16H2. The number of benzene rings is 1. The second-order valence-electron chi connectivity index (χ2n) is 8.14. The van der Waals surface area contributed by atoms with E-state index in [2.05, 4.69) is 27.3 Å². The van der Waals surface area contributed by atoms with Crippen molar-refractivity contribution in [3.8, 4) is 11.9 Å². The molecule has 0 atom stereocenters. The molecule has 3 aliphatic rings. The summed E-state index contributed by atoms with van der Waals surface area (Å²) >= 11 is 0. The van der Waals surface area contributed by atoms with Crippen LogP contribution in [0.5, 0.6) is 11.9 Å². The Morgan fingerprint density at radius 1 is 1.04 bits per heavy atom. The van der Waals surface area contributed by atoms with Crippen LogP contribution in [0.4, 0.5) is 0 Å². The lowest BCUT2D eigenvalue weighted by molar-refractivity contribution is 0.106. The van der Waals surface area contributed by atoms with Crippen molar-refractivity contribution in [1.82, 2.24) is 20.2 Å². The van der Waals surface area contributed by atoms with E-state index >= 15 is 0 Å². The first-order valence-electron chi connectivity index (χ1n) is 10.5. The van der Waals surface area contributed by atoms with Gasteiger partial charge in [0.05, 0.1) is 11.2 Å². The van der Waals surface area contributed by atoms with Gasteiger partial charge in [0.15, 0.2) is 0 Å². The Morgan fingerprint density at radius 3 is 2.68 bits per heavy atom. The number of rotatable bonds is 6. The molecule has 1 N–H and O–H groups in total. The van der Waals surface area contributed by atoms with E-state index in [0.29, 0.717) is 25.1 Å². The van der Waals surface area contributed by atoms with E-state index in [4.69, 9.17) is 14.5 Å². The van der Waals surface area contributed by atoms with Gasteiger partial charge < -0.3 is 14.8 Å². The maximum Gasteiger partial charge on any atom is 0.320 e. The van der Waals surface area contributed by atoms with Crippen LogP contribution in [0.2, 0.25) is 0 Å². The third kappa shape index (κ3) is 3.47. The van der Waals surface area contributed by atoms with E-state index in [0.717, 1.165) is 36.3 Å². The van der Waals surface area contributed by atoms with E-state index in [1.807, 2.05) is 18.2 Å². The summed E-state index contributed by atoms with van der Waals surface area (Å²) in [6, 6.07) is 10.7. The smallest absolute Gasteiger partial charge is 0.320 e. The second kappa shape index (κ2) is 7.68. The molecule has 28 heavy (non-hydrogen) atoms. The van der Waals surface area contributed by atoms with Gasteiger partial charge in [0, 0.05) is 12.1 Å². The molecule has 0 aliphatic carbocycles. The molecule has 6 nitrogen and oxygen atoms in total. The van der Waals surface area contributed by atoms with Gasteiger partial charge in [-0.15, -0.1) is 0 Å². The van der Waals surface area contributed by atoms with Crippen molar-refractivity contribution in [2.75, 3.05) is 26.2 Å². The van der Waals surface area contributed by atoms with E-state index in [1.165, 1.54) is 38.8 Å². The van der Waals surface area contributed by atoms with Crippen LogP contribution in [-0.4, -0.2) is 46.6 Å². The van der Waals surface area contributed by atoms with Gasteiger partial charge >= 0.3 is 6.01 Å². The highest BCUT2D eigenvalue weighted by molar-refractivity contribution is 5.34. The van der Waals surface area contributed by atoms with Crippen molar-refractivity contribution >= 4 is 0 Å². The molecular formula is C22H28N4O2. The maximum atomic E-state index is 6.18. The summed E-state index contributed by atoms with van der Waals surface area (Å²) in [6.07, 6.45) is 5.86. The van der Waals surface area contributed by atoms with Gasteiger partial charge in [-0.2, -0.15) is 9.97 Å². The third-order valence-electron chi connectivity index (χ3n) is 6.38. The van der Waals surface area contributed by atoms with Gasteiger partial charge in [-0.05, 0) is 57.3 Å². The van der Waals surface area contributed by atoms with Crippen LogP contribution in [0.3, 0.4) is 0 Å². The lowest BCUT2D eigenvalue weighted by atomic mass is 9.95. The molecule has 2 saturated heterocycles. The molecule has 1 aromatic carbocycles. The summed E-state index contributed by atoms with van der Waals surface area (Å²) in [5.41, 5.74) is 3.45. The predicted octanol–water partition coefficient (Wildman–Crippen LogP) is 2.71. The molecule has 0 saturated carbocycles. The van der Waals surface area contributed by atoms with E-state index in [-0.39, 0.29) is 5.54 Å². The van der Waals surface area contributed by atoms with Crippen LogP contribution >= 0.6 is 0 Å². The van der Waals surface area contributed by atoms with Crippen LogP contribution in [0.25, 0.3) is 0 Å². The van der Waals surface area contributed by atoms with Gasteiger partial charge in [-0.1, -0.05) is 30.3 Å². The Balaban J connectivity index is 1.34. The molecule has 2 fully saturated rings. The van der Waals surface area contributed by atoms with Crippen molar-refractivity contribution in [3.05, 3.63) is 47.2 Å². The van der Waals surface area contributed by atoms with Crippen LogP contribution in [-0.2, 0) is 19.6 Å². The van der Waals surface area contributed by atoms with Crippen LogP contribution in [0.15, 0.2) is 30.3 Å². The Bertz CT molecular complexity index is 817. The molecule has 0 bridgehead atoms. The maximum absolute atomic E-state index is 6.18. The van der Waals surface area contributed by atoms with Crippen LogP contribution in [0.1, 0.15) is 42.5 Å². The quantitative estimate of drug-likeness (QED) is 0.832. The van der Waals surface area contributed by atoms with Gasteiger partial charge in [-0.3, -0.25) is 4.90 Å². The first-order chi connectivity index (χ1) is 13.8. The number of nitrogens with one attached hydrogen (secondary N) is 1. The summed E-state index contributed by atoms with van der Waals surface area (Å²) in [7, 11) is 0. The topological polar surface area (TPSA) is 59.5 Å². The number of ether oxygens (including phenoxy) is 2. The lowest BCUT2D eigenvalue weighted by Crippen LogP contribution is -2.43. The summed E-state index contributed by atoms with van der Waals surface area (Å²) in [5.74, 6) is 0.678. The minimum absolute atomic E-state index is 0.197. The van der Waals surface area contributed by atoms with E-state index < -0.39 is 0 Å². The summed E-state index contributed by atoms with van der Waals surface area (Å²) in [5, 5.41) is 3.39. The van der Waals surface area contributed by atoms with Crippen molar-refractivity contribution in [2.24, 2.45) is 0 Å². The molecule has 0 radical (unpaired) electrons. The highest BCUT2D eigenvalue weighted by Crippen LogP contribution is 2.39. The Hall–Kier alpha value is -2.18. The molecule has 3 aliphatic heterocycles. The van der Waals surface area contributed by atoms with Crippen molar-refractivity contribution < 1.29 is 9.47 Å². The number of nitrogens with zero attached hydrogens (tertiary/aromatic N) is 3. The predicted molar refractivity (Wildman–Crippen MR) is 106 cm³/mol. The third-order valence-corrected chi connectivity index (χ3v) is 6.38. The van der Waals surface area contributed by atoms with Gasteiger partial charge in [-0.25, -0.2) is 0 Å². The van der Waals surface area contributed by atoms with Gasteiger partial charge in [0.1, 0.15) is 13.2 Å². The molecule has 5 rings (SSSR count). The first-order valence-corrected chi connectivity index (χ1v) is 10.5. The molecule has 1 aromatic heterocycles. The number of fused-ring (bicyclic) bond motifs is 2. The van der Waals surface area contributed by atoms with Crippen molar-refractivity contribution in [1.29, 1.82) is 0 Å². The molecule has 148 valence electrons. The fraction of sp³-hybridized carbons (Fsp3) is 0.545. The zero-order chi connectivity index (χ0) is 18.8. The minimum Gasteiger partial charge on any atom is -0.472 e. The molecule has 6 heteroatoms. The monoisotopic (exact) mass is 380 g/mol. The van der Waals surface area contributed by atoms with Crippen molar-refractivity contribution in [3.63, 3.8) is 0 Å². The summed E-state index contributed by atoms with van der Waals surface area (Å²) < 4.78 is 12.3. The summed E-state index contributed by atoms with van der Waals surface area (Å²) in [6.45, 7) is 5.25. The molecule has 0 amide bonds. The fourth-order valence-corrected chi connectivity index (χ4v) is 4.87. The average molecular weight is 380 g/mol. The fourth-order valence-electron chi connectivity index (χ4n) is 4.87. The number of aromatic nitrogens is 2. The molecule has 0 unspecified atom stereocenters. The normalized spacial score (nSPS) is 20.6. The highest BCUT2D eigenvalue weighted by atomic mass is 16.5. The van der Waals surface area contributed by atoms with Crippen molar-refractivity contribution in [2.45, 2.75) is 50.8 Å². The van der Waals surface area contributed by atoms with Gasteiger partial charge in [0.25, 0.3) is 0 Å². The zero-order valence-electron chi connectivity index (χ0n) is 16.3. The Kier molecular flexibility index (Phi) is 4.91. The SMILES string of the molecule is c1ccc(COc2nc(OCC34CCCN3CCC4)nc3c2CCNC3)cc1. The van der Waals surface area contributed by atoms with Crippen LogP contribution < -0.4 is 14.8 Å². The zero-order valence-corrected chi connectivity index (χ0v) is 16.3. The molecule has 0 spiro atoms. The van der Waals surface area contributed by atoms with E-state index in [9.17, 15) is 0 Å². The number of hydrogen-bond donors (Lipinski definition) is 1. The van der Waals surface area contributed by atoms with Crippen LogP contribution in [0, 0.1) is 0 Å². The Labute approximate surface area is 166 Å². The average Bonchev–Trinajstić information content (AvgIpc) is 3.31. The Morgan fingerprint density at radius 2 is 1.86 bits per heavy atom. The second-order valence-corrected chi connectivity index (χ2v) is 8.14. The lowest BCUT2D eigenvalue weighted by Gasteiger charge is -2.31. The number of hydrogen-bond acceptors (Lipinski definition) is 6. The largest absolute Gasteiger partial charge is 0.472 e. The van der Waals surface area contributed by atoms with Gasteiger partial charge in [0.2, 0.25) is 5.88 Å². The summed E-state index contributed by atoms with van der Waals surface area (Å²) in [4.78, 5) is 12.0. The molecule has 2 aromatic rings. The van der Waals surface area contributed by atoms with E-state index in [1.54, 1.807) is 0 Å². The molecular weight excluding hydrogens is 352 g/mol. The highest BCUT2D eigenvalue weighted by Gasteiger charge is 2.45. The molecule has 4 heterocycles. The minimum atomic E-state index is 0.197. The first kappa shape index (κ1) is 17.9.